The van der Waals surface area contributed by atoms with Crippen molar-refractivity contribution in [1.29, 1.82) is 0 Å². The van der Waals surface area contributed by atoms with Crippen molar-refractivity contribution in [2.24, 2.45) is 0 Å². The number of nitrogens with zero attached hydrogens (tertiary/aromatic N) is 3. The van der Waals surface area contributed by atoms with Gasteiger partial charge in [-0.3, -0.25) is 9.78 Å². The van der Waals surface area contributed by atoms with Crippen molar-refractivity contribution in [3.05, 3.63) is 45.6 Å². The van der Waals surface area contributed by atoms with Gasteiger partial charge in [-0.2, -0.15) is 10.1 Å². The quantitative estimate of drug-likeness (QED) is 0.752. The summed E-state index contributed by atoms with van der Waals surface area (Å²) in [7, 11) is 0. The minimum absolute atomic E-state index is 0.0156. The maximum absolute atomic E-state index is 13.2. The van der Waals surface area contributed by atoms with Gasteiger partial charge in [0.15, 0.2) is 5.65 Å². The van der Waals surface area contributed by atoms with Crippen molar-refractivity contribution < 1.29 is 4.39 Å². The van der Waals surface area contributed by atoms with Gasteiger partial charge >= 0.3 is 0 Å². The Morgan fingerprint density at radius 2 is 2.09 bits per heavy atom. The molecule has 23 heavy (non-hydrogen) atoms. The molecule has 6 nitrogen and oxygen atoms in total. The first kappa shape index (κ1) is 15.5. The lowest BCUT2D eigenvalue weighted by atomic mass is 10.1. The number of halogens is 2. The fraction of sp³-hybridized carbons (Fsp3) is 0.267. The number of aromatic nitrogens is 4. The Kier molecular flexibility index (Phi) is 3.60. The molecule has 2 heterocycles. The van der Waals surface area contributed by atoms with E-state index in [9.17, 15) is 9.18 Å². The molecule has 0 atom stereocenters. The molecule has 0 saturated carbocycles. The van der Waals surface area contributed by atoms with Crippen LogP contribution in [0.5, 0.6) is 0 Å². The first-order valence-corrected chi connectivity index (χ1v) is 7.34. The van der Waals surface area contributed by atoms with Gasteiger partial charge in [0.1, 0.15) is 11.2 Å². The number of benzene rings is 1. The lowest BCUT2D eigenvalue weighted by Gasteiger charge is -2.19. The molecular weight excluding hydrogens is 321 g/mol. The van der Waals surface area contributed by atoms with Crippen molar-refractivity contribution in [2.45, 2.75) is 26.3 Å². The third-order valence-electron chi connectivity index (χ3n) is 3.26. The molecule has 0 spiro atoms. The second-order valence-corrected chi connectivity index (χ2v) is 6.54. The Hall–Kier alpha value is -2.41. The van der Waals surface area contributed by atoms with E-state index >= 15 is 0 Å². The highest BCUT2D eigenvalue weighted by atomic mass is 35.5. The maximum Gasteiger partial charge on any atom is 0.263 e. The number of fused-ring (bicyclic) bond motifs is 1. The van der Waals surface area contributed by atoms with E-state index in [1.807, 2.05) is 20.8 Å². The standard InChI is InChI=1S/C15H15ClFN5O/c1-15(2,3)22-12-9(7-18-22)13(23)21-14(20-12)19-8-4-5-11(17)10(16)6-8/h4-7H,1-3H3,(H2,19,20,21,23). The van der Waals surface area contributed by atoms with Crippen LogP contribution in [0.15, 0.2) is 29.2 Å². The smallest absolute Gasteiger partial charge is 0.263 e. The van der Waals surface area contributed by atoms with E-state index in [1.165, 1.54) is 24.4 Å². The predicted molar refractivity (Wildman–Crippen MR) is 87.8 cm³/mol. The lowest BCUT2D eigenvalue weighted by Crippen LogP contribution is -2.24. The average molecular weight is 336 g/mol. The maximum atomic E-state index is 13.2. The molecule has 0 bridgehead atoms. The summed E-state index contributed by atoms with van der Waals surface area (Å²) in [5, 5.41) is 7.54. The summed E-state index contributed by atoms with van der Waals surface area (Å²) in [5.74, 6) is -0.281. The van der Waals surface area contributed by atoms with Gasteiger partial charge in [-0.15, -0.1) is 0 Å². The second kappa shape index (κ2) is 5.34. The number of hydrogen-bond acceptors (Lipinski definition) is 4. The summed E-state index contributed by atoms with van der Waals surface area (Å²) < 4.78 is 14.9. The fourth-order valence-corrected chi connectivity index (χ4v) is 2.36. The molecule has 2 aromatic heterocycles. The first-order valence-electron chi connectivity index (χ1n) is 6.96. The van der Waals surface area contributed by atoms with Crippen molar-refractivity contribution in [1.82, 2.24) is 19.7 Å². The summed E-state index contributed by atoms with van der Waals surface area (Å²) in [4.78, 5) is 19.2. The second-order valence-electron chi connectivity index (χ2n) is 6.13. The molecule has 3 rings (SSSR count). The van der Waals surface area contributed by atoms with Crippen LogP contribution in [0.3, 0.4) is 0 Å². The third kappa shape index (κ3) is 2.92. The predicted octanol–water partition coefficient (Wildman–Crippen LogP) is 3.41. The van der Waals surface area contributed by atoms with E-state index in [0.717, 1.165) is 0 Å². The van der Waals surface area contributed by atoms with Gasteiger partial charge in [-0.25, -0.2) is 9.07 Å². The Bertz CT molecular complexity index is 941. The van der Waals surface area contributed by atoms with Crippen LogP contribution >= 0.6 is 11.6 Å². The fourth-order valence-electron chi connectivity index (χ4n) is 2.18. The monoisotopic (exact) mass is 335 g/mol. The number of H-pyrrole nitrogens is 1. The zero-order chi connectivity index (χ0) is 16.8. The lowest BCUT2D eigenvalue weighted by molar-refractivity contribution is 0.366. The normalized spacial score (nSPS) is 11.9. The molecule has 0 aliphatic rings. The largest absolute Gasteiger partial charge is 0.326 e. The SMILES string of the molecule is CC(C)(C)n1ncc2c(=O)[nH]c(Nc3ccc(F)c(Cl)c3)nc21. The highest BCUT2D eigenvalue weighted by Gasteiger charge is 2.19. The van der Waals surface area contributed by atoms with Crippen LogP contribution in [0.25, 0.3) is 11.0 Å². The highest BCUT2D eigenvalue weighted by molar-refractivity contribution is 6.31. The van der Waals surface area contributed by atoms with Gasteiger partial charge in [-0.1, -0.05) is 11.6 Å². The van der Waals surface area contributed by atoms with E-state index in [1.54, 1.807) is 4.68 Å². The molecule has 0 aliphatic heterocycles. The van der Waals surface area contributed by atoms with Crippen molar-refractivity contribution in [2.75, 3.05) is 5.32 Å². The Morgan fingerprint density at radius 3 is 2.74 bits per heavy atom. The number of aromatic amines is 1. The molecule has 0 aliphatic carbocycles. The molecule has 0 unspecified atom stereocenters. The topological polar surface area (TPSA) is 75.6 Å². The van der Waals surface area contributed by atoms with Crippen LogP contribution in [0, 0.1) is 5.82 Å². The molecule has 8 heteroatoms. The van der Waals surface area contributed by atoms with Gasteiger partial charge in [-0.05, 0) is 39.0 Å². The molecule has 0 saturated heterocycles. The molecule has 120 valence electrons. The molecule has 1 aromatic carbocycles. The zero-order valence-corrected chi connectivity index (χ0v) is 13.6. The number of anilines is 2. The number of hydrogen-bond donors (Lipinski definition) is 2. The Labute approximate surface area is 136 Å². The van der Waals surface area contributed by atoms with E-state index in [2.05, 4.69) is 20.4 Å². The van der Waals surface area contributed by atoms with Gasteiger partial charge in [0, 0.05) is 5.69 Å². The molecular formula is C15H15ClFN5O. The third-order valence-corrected chi connectivity index (χ3v) is 3.55. The number of nitrogens with one attached hydrogen (secondary N) is 2. The minimum atomic E-state index is -0.514. The van der Waals surface area contributed by atoms with Crippen LogP contribution in [0.2, 0.25) is 5.02 Å². The molecule has 3 aromatic rings. The summed E-state index contributed by atoms with van der Waals surface area (Å²) in [6.07, 6.45) is 1.49. The zero-order valence-electron chi connectivity index (χ0n) is 12.8. The minimum Gasteiger partial charge on any atom is -0.326 e. The van der Waals surface area contributed by atoms with Gasteiger partial charge in [0.05, 0.1) is 16.8 Å². The van der Waals surface area contributed by atoms with Crippen LogP contribution in [-0.2, 0) is 5.54 Å². The highest BCUT2D eigenvalue weighted by Crippen LogP contribution is 2.23. The van der Waals surface area contributed by atoms with E-state index < -0.39 is 5.82 Å². The van der Waals surface area contributed by atoms with Crippen molar-refractivity contribution >= 4 is 34.3 Å². The average Bonchev–Trinajstić information content (AvgIpc) is 2.87. The van der Waals surface area contributed by atoms with Gasteiger partial charge < -0.3 is 5.32 Å². The van der Waals surface area contributed by atoms with Crippen LogP contribution in [0.1, 0.15) is 20.8 Å². The summed E-state index contributed by atoms with van der Waals surface area (Å²) in [5.41, 5.74) is 0.359. The molecule has 0 amide bonds. The van der Waals surface area contributed by atoms with Gasteiger partial charge in [0.25, 0.3) is 5.56 Å². The summed E-state index contributed by atoms with van der Waals surface area (Å²) >= 11 is 5.75. The molecule has 0 radical (unpaired) electrons. The van der Waals surface area contributed by atoms with Crippen LogP contribution in [-0.4, -0.2) is 19.7 Å². The molecule has 2 N–H and O–H groups in total. The van der Waals surface area contributed by atoms with E-state index in [0.29, 0.717) is 16.7 Å². The van der Waals surface area contributed by atoms with Crippen LogP contribution < -0.4 is 10.9 Å². The van der Waals surface area contributed by atoms with E-state index in [4.69, 9.17) is 11.6 Å². The van der Waals surface area contributed by atoms with Gasteiger partial charge in [0.2, 0.25) is 5.95 Å². The van der Waals surface area contributed by atoms with Crippen molar-refractivity contribution in [3.8, 4) is 0 Å². The summed E-state index contributed by atoms with van der Waals surface area (Å²) in [6, 6.07) is 4.16. The Morgan fingerprint density at radius 1 is 1.35 bits per heavy atom. The Balaban J connectivity index is 2.08. The van der Waals surface area contributed by atoms with Crippen molar-refractivity contribution in [3.63, 3.8) is 0 Å². The molecule has 0 fully saturated rings. The van der Waals surface area contributed by atoms with Crippen LogP contribution in [0.4, 0.5) is 16.0 Å². The summed E-state index contributed by atoms with van der Waals surface area (Å²) in [6.45, 7) is 5.90. The first-order chi connectivity index (χ1) is 10.8. The number of rotatable bonds is 2. The van der Waals surface area contributed by atoms with E-state index in [-0.39, 0.29) is 22.1 Å².